The SMILES string of the molecule is C[C@@H]1[C@@H](c2ccccc2)C2=C(O[C@@H]1O)C(=O)N(Cc1ccccc1)C2. The molecule has 0 radical (unpaired) electrons. The molecule has 2 aromatic rings. The van der Waals surface area contributed by atoms with Crippen LogP contribution in [-0.2, 0) is 16.1 Å². The molecule has 0 aliphatic carbocycles. The van der Waals surface area contributed by atoms with Crippen LogP contribution in [0, 0.1) is 5.92 Å². The maximum atomic E-state index is 12.8. The summed E-state index contributed by atoms with van der Waals surface area (Å²) in [5.41, 5.74) is 3.17. The molecule has 2 aliphatic heterocycles. The Labute approximate surface area is 147 Å². The van der Waals surface area contributed by atoms with Gasteiger partial charge in [0.1, 0.15) is 0 Å². The van der Waals surface area contributed by atoms with E-state index in [0.29, 0.717) is 18.8 Å². The molecule has 1 amide bonds. The smallest absolute Gasteiger partial charge is 0.289 e. The molecule has 0 saturated carbocycles. The van der Waals surface area contributed by atoms with Crippen molar-refractivity contribution < 1.29 is 14.6 Å². The molecule has 0 unspecified atom stereocenters. The minimum absolute atomic E-state index is 0.00956. The first-order chi connectivity index (χ1) is 12.1. The lowest BCUT2D eigenvalue weighted by atomic mass is 9.79. The van der Waals surface area contributed by atoms with Gasteiger partial charge in [0.2, 0.25) is 6.29 Å². The molecular weight excluding hydrogens is 314 g/mol. The zero-order valence-corrected chi connectivity index (χ0v) is 14.1. The van der Waals surface area contributed by atoms with Crippen molar-refractivity contribution in [2.45, 2.75) is 25.7 Å². The van der Waals surface area contributed by atoms with E-state index in [0.717, 1.165) is 16.7 Å². The molecule has 4 rings (SSSR count). The van der Waals surface area contributed by atoms with Gasteiger partial charge in [-0.2, -0.15) is 0 Å². The van der Waals surface area contributed by atoms with E-state index < -0.39 is 6.29 Å². The first-order valence-electron chi connectivity index (χ1n) is 8.61. The largest absolute Gasteiger partial charge is 0.459 e. The van der Waals surface area contributed by atoms with Crippen molar-refractivity contribution in [3.8, 4) is 0 Å². The van der Waals surface area contributed by atoms with E-state index in [-0.39, 0.29) is 17.7 Å². The van der Waals surface area contributed by atoms with Crippen LogP contribution in [0.4, 0.5) is 0 Å². The Hall–Kier alpha value is -2.59. The Morgan fingerprint density at radius 2 is 1.72 bits per heavy atom. The Bertz CT molecular complexity index is 800. The summed E-state index contributed by atoms with van der Waals surface area (Å²) in [6.07, 6.45) is -0.968. The van der Waals surface area contributed by atoms with E-state index in [1.165, 1.54) is 0 Å². The van der Waals surface area contributed by atoms with Crippen LogP contribution in [0.3, 0.4) is 0 Å². The summed E-state index contributed by atoms with van der Waals surface area (Å²) < 4.78 is 5.60. The minimum atomic E-state index is -0.968. The Kier molecular flexibility index (Phi) is 4.06. The van der Waals surface area contributed by atoms with E-state index in [1.54, 1.807) is 4.90 Å². The van der Waals surface area contributed by atoms with E-state index in [1.807, 2.05) is 67.6 Å². The normalized spacial score (nSPS) is 25.8. The predicted molar refractivity (Wildman–Crippen MR) is 94.3 cm³/mol. The molecule has 0 bridgehead atoms. The van der Waals surface area contributed by atoms with Crippen molar-refractivity contribution in [1.82, 2.24) is 4.90 Å². The topological polar surface area (TPSA) is 49.8 Å². The van der Waals surface area contributed by atoms with Gasteiger partial charge >= 0.3 is 0 Å². The third-order valence-corrected chi connectivity index (χ3v) is 5.10. The standard InChI is InChI=1S/C21H21NO3/c1-14-18(16-10-6-3-7-11-16)17-13-22(12-15-8-4-2-5-9-15)20(23)19(17)25-21(14)24/h2-11,14,18,21,24H,12-13H2,1H3/t14-,18+,21+/m1/s1. The van der Waals surface area contributed by atoms with Gasteiger partial charge in [-0.25, -0.2) is 0 Å². The monoisotopic (exact) mass is 335 g/mol. The Morgan fingerprint density at radius 3 is 2.40 bits per heavy atom. The average Bonchev–Trinajstić information content (AvgIpc) is 2.93. The van der Waals surface area contributed by atoms with Crippen LogP contribution in [0.25, 0.3) is 0 Å². The van der Waals surface area contributed by atoms with Crippen molar-refractivity contribution in [2.75, 3.05) is 6.54 Å². The fourth-order valence-electron chi connectivity index (χ4n) is 3.80. The van der Waals surface area contributed by atoms with Crippen LogP contribution >= 0.6 is 0 Å². The van der Waals surface area contributed by atoms with Crippen LogP contribution in [0.1, 0.15) is 24.0 Å². The molecule has 2 aliphatic rings. The highest BCUT2D eigenvalue weighted by Gasteiger charge is 2.45. The van der Waals surface area contributed by atoms with Crippen molar-refractivity contribution in [1.29, 1.82) is 0 Å². The lowest BCUT2D eigenvalue weighted by Crippen LogP contribution is -2.33. The first kappa shape index (κ1) is 15.9. The molecule has 0 spiro atoms. The third kappa shape index (κ3) is 2.83. The highest BCUT2D eigenvalue weighted by atomic mass is 16.6. The summed E-state index contributed by atoms with van der Waals surface area (Å²) in [5, 5.41) is 10.3. The van der Waals surface area contributed by atoms with Gasteiger partial charge in [-0.05, 0) is 11.1 Å². The van der Waals surface area contributed by atoms with E-state index in [2.05, 4.69) is 0 Å². The number of rotatable bonds is 3. The fourth-order valence-corrected chi connectivity index (χ4v) is 3.80. The Balaban J connectivity index is 1.65. The Morgan fingerprint density at radius 1 is 1.08 bits per heavy atom. The molecule has 2 aromatic carbocycles. The molecule has 4 nitrogen and oxygen atoms in total. The molecule has 0 saturated heterocycles. The van der Waals surface area contributed by atoms with Gasteiger partial charge in [0.25, 0.3) is 5.91 Å². The number of ether oxygens (including phenoxy) is 1. The second kappa shape index (κ2) is 6.37. The molecule has 0 fully saturated rings. The van der Waals surface area contributed by atoms with E-state index in [9.17, 15) is 9.90 Å². The fraction of sp³-hybridized carbons (Fsp3) is 0.286. The maximum absolute atomic E-state index is 12.8. The van der Waals surface area contributed by atoms with Gasteiger partial charge in [0, 0.05) is 30.5 Å². The molecule has 128 valence electrons. The molecule has 3 atom stereocenters. The molecule has 4 heteroatoms. The molecule has 2 heterocycles. The second-order valence-electron chi connectivity index (χ2n) is 6.76. The van der Waals surface area contributed by atoms with Crippen LogP contribution in [0.15, 0.2) is 72.0 Å². The number of carbonyl (C=O) groups is 1. The number of hydrogen-bond acceptors (Lipinski definition) is 3. The zero-order valence-electron chi connectivity index (χ0n) is 14.1. The highest BCUT2D eigenvalue weighted by molar-refractivity contribution is 5.95. The summed E-state index contributed by atoms with van der Waals surface area (Å²) in [7, 11) is 0. The van der Waals surface area contributed by atoms with Crippen LogP contribution in [-0.4, -0.2) is 28.7 Å². The highest BCUT2D eigenvalue weighted by Crippen LogP contribution is 2.44. The first-order valence-corrected chi connectivity index (χ1v) is 8.61. The van der Waals surface area contributed by atoms with Gasteiger partial charge in [-0.1, -0.05) is 67.6 Å². The molecule has 25 heavy (non-hydrogen) atoms. The van der Waals surface area contributed by atoms with Gasteiger partial charge in [0.05, 0.1) is 0 Å². The molecule has 1 N–H and O–H groups in total. The third-order valence-electron chi connectivity index (χ3n) is 5.10. The number of amides is 1. The van der Waals surface area contributed by atoms with Crippen molar-refractivity contribution in [3.05, 3.63) is 83.1 Å². The van der Waals surface area contributed by atoms with Crippen LogP contribution in [0.2, 0.25) is 0 Å². The number of hydrogen-bond donors (Lipinski definition) is 1. The van der Waals surface area contributed by atoms with Crippen molar-refractivity contribution in [3.63, 3.8) is 0 Å². The summed E-state index contributed by atoms with van der Waals surface area (Å²) >= 11 is 0. The number of carbonyl (C=O) groups excluding carboxylic acids is 1. The summed E-state index contributed by atoms with van der Waals surface area (Å²) in [6.45, 7) is 3.05. The van der Waals surface area contributed by atoms with Crippen LogP contribution in [0.5, 0.6) is 0 Å². The quantitative estimate of drug-likeness (QED) is 0.938. The van der Waals surface area contributed by atoms with Crippen molar-refractivity contribution in [2.24, 2.45) is 5.92 Å². The average molecular weight is 335 g/mol. The van der Waals surface area contributed by atoms with E-state index in [4.69, 9.17) is 4.74 Å². The summed E-state index contributed by atoms with van der Waals surface area (Å²) in [6, 6.07) is 20.0. The maximum Gasteiger partial charge on any atom is 0.289 e. The number of aliphatic hydroxyl groups is 1. The second-order valence-corrected chi connectivity index (χ2v) is 6.76. The zero-order chi connectivity index (χ0) is 17.4. The van der Waals surface area contributed by atoms with Crippen molar-refractivity contribution >= 4 is 5.91 Å². The molecule has 0 aromatic heterocycles. The van der Waals surface area contributed by atoms with Gasteiger partial charge in [-0.15, -0.1) is 0 Å². The van der Waals surface area contributed by atoms with E-state index >= 15 is 0 Å². The number of nitrogens with zero attached hydrogens (tertiary/aromatic N) is 1. The minimum Gasteiger partial charge on any atom is -0.459 e. The van der Waals surface area contributed by atoms with Gasteiger partial charge in [-0.3, -0.25) is 4.79 Å². The van der Waals surface area contributed by atoms with Crippen LogP contribution < -0.4 is 0 Å². The number of benzene rings is 2. The summed E-state index contributed by atoms with van der Waals surface area (Å²) in [4.78, 5) is 14.6. The van der Waals surface area contributed by atoms with Gasteiger partial charge < -0.3 is 14.7 Å². The number of aliphatic hydroxyl groups excluding tert-OH is 1. The predicted octanol–water partition coefficient (Wildman–Crippen LogP) is 3.05. The molecular formula is C21H21NO3. The summed E-state index contributed by atoms with van der Waals surface area (Å²) in [5.74, 6) is 0.0800. The van der Waals surface area contributed by atoms with Gasteiger partial charge in [0.15, 0.2) is 5.76 Å². The lowest BCUT2D eigenvalue weighted by Gasteiger charge is -2.34. The lowest BCUT2D eigenvalue weighted by molar-refractivity contribution is -0.144.